The Kier molecular flexibility index (Phi) is 3.33. The zero-order chi connectivity index (χ0) is 11.8. The van der Waals surface area contributed by atoms with Gasteiger partial charge in [-0.2, -0.15) is 0 Å². The maximum absolute atomic E-state index is 9.64. The van der Waals surface area contributed by atoms with Crippen LogP contribution in [0.25, 0.3) is 0 Å². The average Bonchev–Trinajstić information content (AvgIpc) is 2.71. The fourth-order valence-corrected chi connectivity index (χ4v) is 2.88. The van der Waals surface area contributed by atoms with Gasteiger partial charge in [0, 0.05) is 29.1 Å². The molecule has 2 rings (SSSR count). The highest BCUT2D eigenvalue weighted by atomic mass is 32.1. The Bertz CT molecular complexity index is 362. The normalized spacial score (nSPS) is 27.8. The SMILES string of the molecule is CCc1ncc(CNC2CC(O)C2(C)C)s1. The first-order valence-electron chi connectivity index (χ1n) is 5.89. The van der Waals surface area contributed by atoms with Gasteiger partial charge in [-0.25, -0.2) is 4.98 Å². The van der Waals surface area contributed by atoms with Crippen molar-refractivity contribution in [2.45, 2.75) is 52.3 Å². The van der Waals surface area contributed by atoms with Gasteiger partial charge in [-0.15, -0.1) is 11.3 Å². The van der Waals surface area contributed by atoms with E-state index in [1.807, 2.05) is 6.20 Å². The summed E-state index contributed by atoms with van der Waals surface area (Å²) in [5.41, 5.74) is 0.0122. The van der Waals surface area contributed by atoms with Crippen molar-refractivity contribution >= 4 is 11.3 Å². The van der Waals surface area contributed by atoms with E-state index in [2.05, 4.69) is 31.1 Å². The Morgan fingerprint density at radius 2 is 2.38 bits per heavy atom. The van der Waals surface area contributed by atoms with Crippen molar-refractivity contribution in [2.24, 2.45) is 5.41 Å². The summed E-state index contributed by atoms with van der Waals surface area (Å²) in [6.45, 7) is 7.23. The first-order chi connectivity index (χ1) is 7.54. The maximum atomic E-state index is 9.64. The number of rotatable bonds is 4. The Morgan fingerprint density at radius 3 is 2.88 bits per heavy atom. The summed E-state index contributed by atoms with van der Waals surface area (Å²) in [4.78, 5) is 5.62. The van der Waals surface area contributed by atoms with E-state index in [-0.39, 0.29) is 11.5 Å². The van der Waals surface area contributed by atoms with E-state index >= 15 is 0 Å². The third-order valence-electron chi connectivity index (χ3n) is 3.64. The summed E-state index contributed by atoms with van der Waals surface area (Å²) in [6.07, 6.45) is 3.68. The molecule has 1 heterocycles. The molecule has 0 spiro atoms. The molecule has 2 unspecified atom stereocenters. The van der Waals surface area contributed by atoms with Crippen LogP contribution in [0.3, 0.4) is 0 Å². The molecule has 0 aliphatic heterocycles. The summed E-state index contributed by atoms with van der Waals surface area (Å²) in [6, 6.07) is 0.426. The molecule has 2 atom stereocenters. The van der Waals surface area contributed by atoms with Gasteiger partial charge < -0.3 is 10.4 Å². The minimum absolute atomic E-state index is 0.0122. The van der Waals surface area contributed by atoms with Crippen LogP contribution in [0.2, 0.25) is 0 Å². The summed E-state index contributed by atoms with van der Waals surface area (Å²) in [5.74, 6) is 0. The summed E-state index contributed by atoms with van der Waals surface area (Å²) in [7, 11) is 0. The van der Waals surface area contributed by atoms with Crippen molar-refractivity contribution in [1.82, 2.24) is 10.3 Å². The predicted molar refractivity (Wildman–Crippen MR) is 66.5 cm³/mol. The van der Waals surface area contributed by atoms with E-state index in [1.54, 1.807) is 11.3 Å². The zero-order valence-electron chi connectivity index (χ0n) is 10.2. The van der Waals surface area contributed by atoms with E-state index in [9.17, 15) is 5.11 Å². The highest BCUT2D eigenvalue weighted by Crippen LogP contribution is 2.40. The topological polar surface area (TPSA) is 45.2 Å². The van der Waals surface area contributed by atoms with Gasteiger partial charge in [-0.1, -0.05) is 20.8 Å². The van der Waals surface area contributed by atoms with Gasteiger partial charge in [0.1, 0.15) is 0 Å². The highest BCUT2D eigenvalue weighted by molar-refractivity contribution is 7.11. The van der Waals surface area contributed by atoms with Crippen LogP contribution in [0.4, 0.5) is 0 Å². The molecule has 0 saturated heterocycles. The fourth-order valence-electron chi connectivity index (χ4n) is 2.07. The largest absolute Gasteiger partial charge is 0.392 e. The van der Waals surface area contributed by atoms with Crippen LogP contribution >= 0.6 is 11.3 Å². The van der Waals surface area contributed by atoms with Crippen LogP contribution in [0.1, 0.15) is 37.1 Å². The second-order valence-electron chi connectivity index (χ2n) is 5.08. The number of aromatic nitrogens is 1. The van der Waals surface area contributed by atoms with Crippen molar-refractivity contribution in [3.8, 4) is 0 Å². The molecule has 0 bridgehead atoms. The number of aliphatic hydroxyl groups is 1. The Balaban J connectivity index is 1.84. The standard InChI is InChI=1S/C12H20N2OS/c1-4-11-14-7-8(16-11)6-13-9-5-10(15)12(9,2)3/h7,9-10,13,15H,4-6H2,1-3H3. The van der Waals surface area contributed by atoms with E-state index in [1.165, 1.54) is 9.88 Å². The maximum Gasteiger partial charge on any atom is 0.0925 e. The minimum atomic E-state index is -0.155. The lowest BCUT2D eigenvalue weighted by Gasteiger charge is -2.49. The molecule has 16 heavy (non-hydrogen) atoms. The van der Waals surface area contributed by atoms with Gasteiger partial charge in [0.15, 0.2) is 0 Å². The monoisotopic (exact) mass is 240 g/mol. The first kappa shape index (κ1) is 12.0. The van der Waals surface area contributed by atoms with Crippen LogP contribution in [0.15, 0.2) is 6.20 Å². The predicted octanol–water partition coefficient (Wildman–Crippen LogP) is 1.95. The molecule has 0 radical (unpaired) electrons. The molecule has 1 aliphatic carbocycles. The van der Waals surface area contributed by atoms with Crippen molar-refractivity contribution in [2.75, 3.05) is 0 Å². The first-order valence-corrected chi connectivity index (χ1v) is 6.70. The summed E-state index contributed by atoms with van der Waals surface area (Å²) < 4.78 is 0. The van der Waals surface area contributed by atoms with Crippen LogP contribution in [-0.4, -0.2) is 22.2 Å². The van der Waals surface area contributed by atoms with Gasteiger partial charge >= 0.3 is 0 Å². The second-order valence-corrected chi connectivity index (χ2v) is 6.28. The average molecular weight is 240 g/mol. The van der Waals surface area contributed by atoms with Gasteiger partial charge in [0.2, 0.25) is 0 Å². The molecule has 3 nitrogen and oxygen atoms in total. The van der Waals surface area contributed by atoms with Crippen LogP contribution in [0.5, 0.6) is 0 Å². The van der Waals surface area contributed by atoms with Crippen molar-refractivity contribution in [3.63, 3.8) is 0 Å². The summed E-state index contributed by atoms with van der Waals surface area (Å²) >= 11 is 1.77. The van der Waals surface area contributed by atoms with Gasteiger partial charge in [-0.3, -0.25) is 0 Å². The molecule has 1 aromatic heterocycles. The molecule has 4 heteroatoms. The number of aryl methyl sites for hydroxylation is 1. The molecule has 90 valence electrons. The lowest BCUT2D eigenvalue weighted by Crippen LogP contribution is -2.59. The number of thiazole rings is 1. The van der Waals surface area contributed by atoms with Crippen LogP contribution in [0, 0.1) is 5.41 Å². The molecule has 1 saturated carbocycles. The highest BCUT2D eigenvalue weighted by Gasteiger charge is 2.46. The number of hydrogen-bond acceptors (Lipinski definition) is 4. The third kappa shape index (κ3) is 2.14. The number of aliphatic hydroxyl groups excluding tert-OH is 1. The molecular formula is C12H20N2OS. The Labute approximate surface area is 101 Å². The van der Waals surface area contributed by atoms with Crippen LogP contribution < -0.4 is 5.32 Å². The molecule has 2 N–H and O–H groups in total. The molecule has 1 aliphatic rings. The molecule has 1 aromatic rings. The minimum Gasteiger partial charge on any atom is -0.392 e. The van der Waals surface area contributed by atoms with E-state index in [0.29, 0.717) is 6.04 Å². The van der Waals surface area contributed by atoms with Gasteiger partial charge in [0.05, 0.1) is 11.1 Å². The Morgan fingerprint density at radius 1 is 1.62 bits per heavy atom. The zero-order valence-corrected chi connectivity index (χ0v) is 11.0. The molecule has 1 fully saturated rings. The van der Waals surface area contributed by atoms with E-state index in [4.69, 9.17) is 0 Å². The van der Waals surface area contributed by atoms with Crippen molar-refractivity contribution in [3.05, 3.63) is 16.1 Å². The number of nitrogens with zero attached hydrogens (tertiary/aromatic N) is 1. The molecular weight excluding hydrogens is 220 g/mol. The molecule has 0 amide bonds. The fraction of sp³-hybridized carbons (Fsp3) is 0.750. The summed E-state index contributed by atoms with van der Waals surface area (Å²) in [5, 5.41) is 14.3. The van der Waals surface area contributed by atoms with Gasteiger partial charge in [0.25, 0.3) is 0 Å². The number of hydrogen-bond donors (Lipinski definition) is 2. The third-order valence-corrected chi connectivity index (χ3v) is 4.78. The lowest BCUT2D eigenvalue weighted by molar-refractivity contribution is -0.0729. The van der Waals surface area contributed by atoms with E-state index in [0.717, 1.165) is 19.4 Å². The quantitative estimate of drug-likeness (QED) is 0.845. The molecule has 0 aromatic carbocycles. The smallest absolute Gasteiger partial charge is 0.0925 e. The van der Waals surface area contributed by atoms with Crippen molar-refractivity contribution in [1.29, 1.82) is 0 Å². The second kappa shape index (κ2) is 4.43. The number of nitrogens with one attached hydrogen (secondary N) is 1. The van der Waals surface area contributed by atoms with E-state index < -0.39 is 0 Å². The van der Waals surface area contributed by atoms with Crippen LogP contribution in [-0.2, 0) is 13.0 Å². The lowest BCUT2D eigenvalue weighted by atomic mass is 9.64. The van der Waals surface area contributed by atoms with Gasteiger partial charge in [-0.05, 0) is 12.8 Å². The van der Waals surface area contributed by atoms with Crippen molar-refractivity contribution < 1.29 is 5.11 Å². The Hall–Kier alpha value is -0.450.